The molecule has 2 heterocycles. The second-order valence-electron chi connectivity index (χ2n) is 7.80. The average molecular weight is 335 g/mol. The molecule has 2 saturated heterocycles. The fourth-order valence-electron chi connectivity index (χ4n) is 4.65. The zero-order valence-corrected chi connectivity index (χ0v) is 15.2. The van der Waals surface area contributed by atoms with Crippen molar-refractivity contribution in [2.75, 3.05) is 32.8 Å². The molecular formula is C23H30N2. The smallest absolute Gasteiger partial charge is 0.0506 e. The Labute approximate surface area is 152 Å². The first-order valence-electron chi connectivity index (χ1n) is 9.93. The Morgan fingerprint density at radius 1 is 0.640 bits per heavy atom. The van der Waals surface area contributed by atoms with E-state index >= 15 is 0 Å². The van der Waals surface area contributed by atoms with Gasteiger partial charge in [0.1, 0.15) is 0 Å². The van der Waals surface area contributed by atoms with Gasteiger partial charge in [0.15, 0.2) is 0 Å². The summed E-state index contributed by atoms with van der Waals surface area (Å²) in [4.78, 5) is 5.38. The molecule has 0 N–H and O–H groups in total. The molecule has 25 heavy (non-hydrogen) atoms. The summed E-state index contributed by atoms with van der Waals surface area (Å²) < 4.78 is 0. The van der Waals surface area contributed by atoms with Crippen LogP contribution in [-0.4, -0.2) is 42.6 Å². The molecule has 2 aromatic rings. The molecule has 0 saturated carbocycles. The van der Waals surface area contributed by atoms with E-state index in [1.807, 2.05) is 0 Å². The van der Waals surface area contributed by atoms with Crippen LogP contribution in [0.4, 0.5) is 0 Å². The van der Waals surface area contributed by atoms with Gasteiger partial charge in [0.05, 0.1) is 6.67 Å². The fraction of sp³-hybridized carbons (Fsp3) is 0.478. The molecule has 0 aromatic heterocycles. The van der Waals surface area contributed by atoms with Gasteiger partial charge in [0.2, 0.25) is 0 Å². The summed E-state index contributed by atoms with van der Waals surface area (Å²) >= 11 is 0. The molecule has 4 rings (SSSR count). The monoisotopic (exact) mass is 334 g/mol. The maximum absolute atomic E-state index is 2.69. The zero-order chi connectivity index (χ0) is 16.9. The van der Waals surface area contributed by atoms with Crippen LogP contribution in [0.2, 0.25) is 0 Å². The first-order chi connectivity index (χ1) is 12.4. The SMILES string of the molecule is c1ccc(C2CCCN(CN3CCCC(c4ccccc4)C3)C2)cc1. The van der Waals surface area contributed by atoms with Gasteiger partial charge >= 0.3 is 0 Å². The third-order valence-electron chi connectivity index (χ3n) is 5.95. The minimum absolute atomic E-state index is 0.713. The van der Waals surface area contributed by atoms with Crippen LogP contribution < -0.4 is 0 Å². The number of hydrogen-bond donors (Lipinski definition) is 0. The Morgan fingerprint density at radius 3 is 1.52 bits per heavy atom. The van der Waals surface area contributed by atoms with Crippen molar-refractivity contribution in [2.45, 2.75) is 37.5 Å². The van der Waals surface area contributed by atoms with Crippen LogP contribution in [0, 0.1) is 0 Å². The second-order valence-corrected chi connectivity index (χ2v) is 7.80. The number of likely N-dealkylation sites (tertiary alicyclic amines) is 2. The van der Waals surface area contributed by atoms with Crippen LogP contribution in [0.25, 0.3) is 0 Å². The maximum atomic E-state index is 2.69. The molecule has 2 unspecified atom stereocenters. The summed E-state index contributed by atoms with van der Waals surface area (Å²) in [7, 11) is 0. The van der Waals surface area contributed by atoms with Crippen molar-refractivity contribution < 1.29 is 0 Å². The van der Waals surface area contributed by atoms with Crippen molar-refractivity contribution in [3.05, 3.63) is 71.8 Å². The van der Waals surface area contributed by atoms with E-state index in [1.54, 1.807) is 0 Å². The van der Waals surface area contributed by atoms with E-state index in [2.05, 4.69) is 70.5 Å². The standard InChI is InChI=1S/C23H30N2/c1-3-9-20(10-4-1)22-13-7-15-24(17-22)19-25-16-8-14-23(18-25)21-11-5-2-6-12-21/h1-6,9-12,22-23H,7-8,13-19H2. The minimum Gasteiger partial charge on any atom is -0.290 e. The summed E-state index contributed by atoms with van der Waals surface area (Å²) in [6.45, 7) is 6.10. The molecule has 0 amide bonds. The molecule has 2 heteroatoms. The van der Waals surface area contributed by atoms with Crippen molar-refractivity contribution in [3.8, 4) is 0 Å². The largest absolute Gasteiger partial charge is 0.290 e. The third kappa shape index (κ3) is 4.31. The number of nitrogens with zero attached hydrogens (tertiary/aromatic N) is 2. The topological polar surface area (TPSA) is 6.48 Å². The van der Waals surface area contributed by atoms with Gasteiger partial charge in [-0.25, -0.2) is 0 Å². The molecule has 0 radical (unpaired) electrons. The lowest BCUT2D eigenvalue weighted by Crippen LogP contribution is -2.45. The molecule has 2 aliphatic heterocycles. The van der Waals surface area contributed by atoms with E-state index < -0.39 is 0 Å². The van der Waals surface area contributed by atoms with E-state index in [0.29, 0.717) is 11.8 Å². The van der Waals surface area contributed by atoms with Crippen molar-refractivity contribution in [1.82, 2.24) is 9.80 Å². The van der Waals surface area contributed by atoms with Crippen LogP contribution >= 0.6 is 0 Å². The zero-order valence-electron chi connectivity index (χ0n) is 15.2. The van der Waals surface area contributed by atoms with Crippen molar-refractivity contribution in [2.24, 2.45) is 0 Å². The Morgan fingerprint density at radius 2 is 1.08 bits per heavy atom. The molecule has 0 bridgehead atoms. The van der Waals surface area contributed by atoms with Gasteiger partial charge in [0, 0.05) is 13.1 Å². The summed E-state index contributed by atoms with van der Waals surface area (Å²) in [6, 6.07) is 22.2. The highest BCUT2D eigenvalue weighted by molar-refractivity contribution is 5.21. The van der Waals surface area contributed by atoms with Gasteiger partial charge in [-0.05, 0) is 61.7 Å². The van der Waals surface area contributed by atoms with Crippen molar-refractivity contribution >= 4 is 0 Å². The molecule has 2 fully saturated rings. The van der Waals surface area contributed by atoms with E-state index in [4.69, 9.17) is 0 Å². The predicted octanol–water partition coefficient (Wildman–Crippen LogP) is 4.70. The number of benzene rings is 2. The van der Waals surface area contributed by atoms with Gasteiger partial charge in [-0.2, -0.15) is 0 Å². The van der Waals surface area contributed by atoms with Crippen LogP contribution in [0.3, 0.4) is 0 Å². The van der Waals surface area contributed by atoms with Crippen LogP contribution in [0.5, 0.6) is 0 Å². The maximum Gasteiger partial charge on any atom is 0.0506 e. The summed E-state index contributed by atoms with van der Waals surface area (Å²) in [5.74, 6) is 1.43. The van der Waals surface area contributed by atoms with E-state index in [9.17, 15) is 0 Å². The Hall–Kier alpha value is -1.64. The second kappa shape index (κ2) is 8.16. The quantitative estimate of drug-likeness (QED) is 0.799. The first-order valence-corrected chi connectivity index (χ1v) is 9.93. The van der Waals surface area contributed by atoms with Crippen LogP contribution in [-0.2, 0) is 0 Å². The number of rotatable bonds is 4. The van der Waals surface area contributed by atoms with Crippen molar-refractivity contribution in [3.63, 3.8) is 0 Å². The van der Waals surface area contributed by atoms with Gasteiger partial charge in [0.25, 0.3) is 0 Å². The lowest BCUT2D eigenvalue weighted by atomic mass is 9.90. The van der Waals surface area contributed by atoms with Gasteiger partial charge in [-0.15, -0.1) is 0 Å². The third-order valence-corrected chi connectivity index (χ3v) is 5.95. The van der Waals surface area contributed by atoms with Gasteiger partial charge < -0.3 is 0 Å². The normalized spacial score (nSPS) is 25.8. The Kier molecular flexibility index (Phi) is 5.49. The number of piperidine rings is 2. The molecule has 132 valence electrons. The van der Waals surface area contributed by atoms with Gasteiger partial charge in [-0.3, -0.25) is 9.80 Å². The fourth-order valence-corrected chi connectivity index (χ4v) is 4.65. The first kappa shape index (κ1) is 16.8. The molecule has 2 aromatic carbocycles. The highest BCUT2D eigenvalue weighted by Crippen LogP contribution is 2.29. The highest BCUT2D eigenvalue weighted by atomic mass is 15.3. The number of hydrogen-bond acceptors (Lipinski definition) is 2. The predicted molar refractivity (Wildman–Crippen MR) is 105 cm³/mol. The average Bonchev–Trinajstić information content (AvgIpc) is 2.70. The Balaban J connectivity index is 1.35. The minimum atomic E-state index is 0.713. The molecule has 2 aliphatic rings. The summed E-state index contributed by atoms with van der Waals surface area (Å²) in [5, 5.41) is 0. The Bertz CT molecular complexity index is 582. The summed E-state index contributed by atoms with van der Waals surface area (Å²) in [6.07, 6.45) is 5.34. The van der Waals surface area contributed by atoms with E-state index in [-0.39, 0.29) is 0 Å². The molecule has 2 nitrogen and oxygen atoms in total. The van der Waals surface area contributed by atoms with Crippen LogP contribution in [0.15, 0.2) is 60.7 Å². The lowest BCUT2D eigenvalue weighted by molar-refractivity contribution is 0.0836. The highest BCUT2D eigenvalue weighted by Gasteiger charge is 2.26. The van der Waals surface area contributed by atoms with E-state index in [0.717, 1.165) is 6.67 Å². The molecular weight excluding hydrogens is 304 g/mol. The van der Waals surface area contributed by atoms with Crippen LogP contribution in [0.1, 0.15) is 48.6 Å². The molecule has 0 spiro atoms. The van der Waals surface area contributed by atoms with Crippen molar-refractivity contribution in [1.29, 1.82) is 0 Å². The molecule has 2 atom stereocenters. The van der Waals surface area contributed by atoms with E-state index in [1.165, 1.54) is 63.0 Å². The lowest BCUT2D eigenvalue weighted by Gasteiger charge is -2.40. The summed E-state index contributed by atoms with van der Waals surface area (Å²) in [5.41, 5.74) is 3.04. The van der Waals surface area contributed by atoms with Gasteiger partial charge in [-0.1, -0.05) is 60.7 Å². The molecule has 0 aliphatic carbocycles.